The van der Waals surface area contributed by atoms with Crippen molar-refractivity contribution in [2.45, 2.75) is 50.5 Å². The number of hydrogen-bond donors (Lipinski definition) is 5. The van der Waals surface area contributed by atoms with Crippen LogP contribution in [0.2, 0.25) is 0 Å². The van der Waals surface area contributed by atoms with E-state index in [0.717, 1.165) is 42.0 Å². The summed E-state index contributed by atoms with van der Waals surface area (Å²) in [7, 11) is 0. The molecule has 1 aromatic carbocycles. The van der Waals surface area contributed by atoms with Crippen LogP contribution in [0.5, 0.6) is 0 Å². The highest BCUT2D eigenvalue weighted by molar-refractivity contribution is 7.15. The summed E-state index contributed by atoms with van der Waals surface area (Å²) in [6.07, 6.45) is 6.50. The van der Waals surface area contributed by atoms with Gasteiger partial charge in [0.15, 0.2) is 6.10 Å². The van der Waals surface area contributed by atoms with Gasteiger partial charge in [-0.05, 0) is 55.7 Å². The largest absolute Gasteiger partial charge is 0.402 e. The summed E-state index contributed by atoms with van der Waals surface area (Å²) >= 11 is 1.32. The Labute approximate surface area is 190 Å². The van der Waals surface area contributed by atoms with Crippen molar-refractivity contribution in [3.63, 3.8) is 0 Å². The number of nitrogen functional groups attached to an aromatic ring is 1. The van der Waals surface area contributed by atoms with Gasteiger partial charge in [-0.1, -0.05) is 41.7 Å². The fourth-order valence-electron chi connectivity index (χ4n) is 3.49. The molecule has 0 aliphatic heterocycles. The number of nitrogens with two attached hydrogens (primary N) is 2. The molecule has 32 heavy (non-hydrogen) atoms. The van der Waals surface area contributed by atoms with E-state index in [1.807, 2.05) is 12.1 Å². The molecule has 0 spiro atoms. The van der Waals surface area contributed by atoms with E-state index in [9.17, 15) is 9.90 Å². The zero-order valence-corrected chi connectivity index (χ0v) is 18.6. The number of rotatable bonds is 10. The number of aryl methyl sites for hydroxylation is 1. The van der Waals surface area contributed by atoms with E-state index in [1.54, 1.807) is 24.3 Å². The zero-order chi connectivity index (χ0) is 22.5. The second kappa shape index (κ2) is 9.97. The lowest BCUT2D eigenvalue weighted by atomic mass is 10.1. The molecule has 0 bridgehead atoms. The van der Waals surface area contributed by atoms with E-state index in [1.165, 1.54) is 29.9 Å². The Morgan fingerprint density at radius 3 is 2.81 bits per heavy atom. The molecule has 1 amide bonds. The van der Waals surface area contributed by atoms with Gasteiger partial charge in [0.25, 0.3) is 5.91 Å². The van der Waals surface area contributed by atoms with Crippen LogP contribution >= 0.6 is 11.3 Å². The normalized spacial score (nSPS) is 15.0. The van der Waals surface area contributed by atoms with Crippen molar-refractivity contribution in [3.8, 4) is 0 Å². The molecule has 168 valence electrons. The van der Waals surface area contributed by atoms with Gasteiger partial charge in [-0.3, -0.25) is 10.1 Å². The SMILES string of the molecule is N/C(=C\c1cc(C2CC2)[nH]c1N)CCCCc1nnc(NC(=O)C(O)c2ccccc2)s1. The Bertz CT molecular complexity index is 1090. The second-order valence-electron chi connectivity index (χ2n) is 8.10. The summed E-state index contributed by atoms with van der Waals surface area (Å²) < 4.78 is 0. The van der Waals surface area contributed by atoms with Crippen LogP contribution in [0.15, 0.2) is 42.1 Å². The van der Waals surface area contributed by atoms with Crippen LogP contribution in [0, 0.1) is 0 Å². The van der Waals surface area contributed by atoms with Gasteiger partial charge in [-0.25, -0.2) is 0 Å². The fourth-order valence-corrected chi connectivity index (χ4v) is 4.27. The van der Waals surface area contributed by atoms with Gasteiger partial charge in [0.1, 0.15) is 10.8 Å². The van der Waals surface area contributed by atoms with Crippen molar-refractivity contribution in [1.82, 2.24) is 15.2 Å². The number of aliphatic hydroxyl groups excluding tert-OH is 1. The fraction of sp³-hybridized carbons (Fsp3) is 0.348. The number of unbranched alkanes of at least 4 members (excludes halogenated alkanes) is 1. The molecule has 0 radical (unpaired) electrons. The van der Waals surface area contributed by atoms with Crippen molar-refractivity contribution in [1.29, 1.82) is 0 Å². The van der Waals surface area contributed by atoms with Crippen LogP contribution in [0.3, 0.4) is 0 Å². The number of anilines is 2. The number of amides is 1. The summed E-state index contributed by atoms with van der Waals surface area (Å²) in [6, 6.07) is 10.9. The van der Waals surface area contributed by atoms with Crippen molar-refractivity contribution >= 4 is 34.3 Å². The Hall–Kier alpha value is -3.17. The first-order valence-electron chi connectivity index (χ1n) is 10.8. The van der Waals surface area contributed by atoms with Crippen molar-refractivity contribution < 1.29 is 9.90 Å². The number of nitrogens with zero attached hydrogens (tertiary/aromatic N) is 2. The van der Waals surface area contributed by atoms with Gasteiger partial charge in [-0.15, -0.1) is 10.2 Å². The summed E-state index contributed by atoms with van der Waals surface area (Å²) in [6.45, 7) is 0. The molecule has 9 heteroatoms. The Balaban J connectivity index is 1.21. The molecule has 1 atom stereocenters. The quantitative estimate of drug-likeness (QED) is 0.297. The predicted molar refractivity (Wildman–Crippen MR) is 127 cm³/mol. The lowest BCUT2D eigenvalue weighted by Crippen LogP contribution is -2.20. The van der Waals surface area contributed by atoms with E-state index >= 15 is 0 Å². The first-order chi connectivity index (χ1) is 15.5. The highest BCUT2D eigenvalue weighted by atomic mass is 32.1. The first kappa shape index (κ1) is 22.0. The molecular weight excluding hydrogens is 424 g/mol. The minimum Gasteiger partial charge on any atom is -0.402 e. The monoisotopic (exact) mass is 452 g/mol. The summed E-state index contributed by atoms with van der Waals surface area (Å²) in [4.78, 5) is 15.5. The van der Waals surface area contributed by atoms with Crippen LogP contribution in [-0.4, -0.2) is 26.2 Å². The number of carbonyl (C=O) groups excluding carboxylic acids is 1. The third-order valence-corrected chi connectivity index (χ3v) is 6.32. The number of allylic oxidation sites excluding steroid dienone is 1. The average molecular weight is 453 g/mol. The maximum absolute atomic E-state index is 12.2. The Kier molecular flexibility index (Phi) is 6.87. The zero-order valence-electron chi connectivity index (χ0n) is 17.8. The highest BCUT2D eigenvalue weighted by Crippen LogP contribution is 2.40. The number of carbonyl (C=O) groups is 1. The molecular formula is C23H28N6O2S. The lowest BCUT2D eigenvalue weighted by Gasteiger charge is -2.09. The predicted octanol–water partition coefficient (Wildman–Crippen LogP) is 3.71. The third-order valence-electron chi connectivity index (χ3n) is 5.43. The highest BCUT2D eigenvalue weighted by Gasteiger charge is 2.25. The van der Waals surface area contributed by atoms with Gasteiger partial charge in [-0.2, -0.15) is 0 Å². The molecule has 3 aromatic rings. The molecule has 7 N–H and O–H groups in total. The Morgan fingerprint density at radius 2 is 2.06 bits per heavy atom. The van der Waals surface area contributed by atoms with E-state index in [4.69, 9.17) is 11.5 Å². The second-order valence-corrected chi connectivity index (χ2v) is 9.16. The molecule has 1 unspecified atom stereocenters. The molecule has 4 rings (SSSR count). The van der Waals surface area contributed by atoms with Crippen molar-refractivity contribution in [3.05, 3.63) is 63.9 Å². The maximum Gasteiger partial charge on any atom is 0.259 e. The van der Waals surface area contributed by atoms with Crippen molar-refractivity contribution in [2.24, 2.45) is 5.73 Å². The van der Waals surface area contributed by atoms with Crippen LogP contribution < -0.4 is 16.8 Å². The standard InChI is InChI=1S/C23H28N6O2S/c24-17(12-16-13-18(14-10-11-14)26-21(16)25)8-4-5-9-19-28-29-23(32-19)27-22(31)20(30)15-6-2-1-3-7-15/h1-3,6-7,12-14,20,26,30H,4-5,8-11,24-25H2,(H,27,29,31)/b17-12-. The van der Waals surface area contributed by atoms with Gasteiger partial charge >= 0.3 is 0 Å². The molecule has 8 nitrogen and oxygen atoms in total. The van der Waals surface area contributed by atoms with Gasteiger partial charge < -0.3 is 21.6 Å². The van der Waals surface area contributed by atoms with Crippen LogP contribution in [-0.2, 0) is 11.2 Å². The molecule has 1 aliphatic rings. The molecule has 1 saturated carbocycles. The average Bonchev–Trinajstić information content (AvgIpc) is 3.45. The van der Waals surface area contributed by atoms with E-state index in [0.29, 0.717) is 22.4 Å². The minimum absolute atomic E-state index is 0.383. The lowest BCUT2D eigenvalue weighted by molar-refractivity contribution is -0.124. The Morgan fingerprint density at radius 1 is 1.28 bits per heavy atom. The molecule has 1 aliphatic carbocycles. The van der Waals surface area contributed by atoms with Gasteiger partial charge in [0.2, 0.25) is 5.13 Å². The van der Waals surface area contributed by atoms with Crippen LogP contribution in [0.25, 0.3) is 6.08 Å². The number of benzene rings is 1. The van der Waals surface area contributed by atoms with Crippen molar-refractivity contribution in [2.75, 3.05) is 11.1 Å². The first-order valence-corrected chi connectivity index (χ1v) is 11.6. The van der Waals surface area contributed by atoms with Crippen LogP contribution in [0.4, 0.5) is 10.9 Å². The number of H-pyrrole nitrogens is 1. The smallest absolute Gasteiger partial charge is 0.259 e. The van der Waals surface area contributed by atoms with Crippen LogP contribution in [0.1, 0.15) is 66.0 Å². The molecule has 2 aromatic heterocycles. The van der Waals surface area contributed by atoms with Gasteiger partial charge in [0.05, 0.1) is 0 Å². The molecule has 2 heterocycles. The number of nitrogens with one attached hydrogen (secondary N) is 2. The van der Waals surface area contributed by atoms with E-state index in [2.05, 4.69) is 26.6 Å². The summed E-state index contributed by atoms with van der Waals surface area (Å²) in [5, 5.41) is 22.1. The van der Waals surface area contributed by atoms with E-state index < -0.39 is 12.0 Å². The molecule has 0 saturated heterocycles. The van der Waals surface area contributed by atoms with E-state index in [-0.39, 0.29) is 0 Å². The summed E-state index contributed by atoms with van der Waals surface area (Å²) in [5.74, 6) is 0.783. The minimum atomic E-state index is -1.24. The number of aliphatic hydroxyl groups is 1. The topological polar surface area (TPSA) is 143 Å². The maximum atomic E-state index is 12.2. The number of hydrogen-bond acceptors (Lipinski definition) is 7. The van der Waals surface area contributed by atoms with Gasteiger partial charge in [0, 0.05) is 23.4 Å². The molecule has 1 fully saturated rings. The number of aromatic amines is 1. The number of aromatic nitrogens is 3. The summed E-state index contributed by atoms with van der Waals surface area (Å²) in [5.41, 5.74) is 15.8. The third kappa shape index (κ3) is 5.74.